The zero-order valence-corrected chi connectivity index (χ0v) is 23.5. The van der Waals surface area contributed by atoms with Gasteiger partial charge in [0.05, 0.1) is 22.1 Å². The maximum absolute atomic E-state index is 5.14. The van der Waals surface area contributed by atoms with Crippen LogP contribution in [0, 0.1) is 0 Å². The van der Waals surface area contributed by atoms with E-state index in [9.17, 15) is 0 Å². The molecule has 9 rings (SSSR count). The number of para-hydroxylation sites is 3. The van der Waals surface area contributed by atoms with Crippen molar-refractivity contribution >= 4 is 43.6 Å². The van der Waals surface area contributed by atoms with E-state index < -0.39 is 0 Å². The van der Waals surface area contributed by atoms with E-state index in [1.165, 1.54) is 5.39 Å². The van der Waals surface area contributed by atoms with Crippen molar-refractivity contribution in [3.63, 3.8) is 0 Å². The Kier molecular flexibility index (Phi) is 5.40. The smallest absolute Gasteiger partial charge is 0.238 e. The van der Waals surface area contributed by atoms with Gasteiger partial charge >= 0.3 is 0 Å². The van der Waals surface area contributed by atoms with Crippen molar-refractivity contribution in [2.24, 2.45) is 0 Å². The van der Waals surface area contributed by atoms with Crippen LogP contribution in [0.15, 0.2) is 146 Å². The van der Waals surface area contributed by atoms with Crippen molar-refractivity contribution < 1.29 is 0 Å². The van der Waals surface area contributed by atoms with Crippen molar-refractivity contribution in [1.82, 2.24) is 29.1 Å². The van der Waals surface area contributed by atoms with Crippen LogP contribution in [0.2, 0.25) is 0 Å². The molecule has 0 aliphatic heterocycles. The van der Waals surface area contributed by atoms with Gasteiger partial charge in [-0.3, -0.25) is 9.55 Å². The molecule has 0 saturated carbocycles. The first-order valence-corrected chi connectivity index (χ1v) is 14.6. The number of nitrogens with zero attached hydrogens (tertiary/aromatic N) is 6. The van der Waals surface area contributed by atoms with Gasteiger partial charge in [0.25, 0.3) is 0 Å². The number of aromatic nitrogens is 6. The lowest BCUT2D eigenvalue weighted by molar-refractivity contribution is 0.953. The third-order valence-corrected chi connectivity index (χ3v) is 8.27. The summed E-state index contributed by atoms with van der Waals surface area (Å²) in [5.74, 6) is 1.82. The first kappa shape index (κ1) is 24.5. The Balaban J connectivity index is 1.30. The second-order valence-electron chi connectivity index (χ2n) is 10.8. The van der Waals surface area contributed by atoms with Crippen LogP contribution in [0.3, 0.4) is 0 Å². The van der Waals surface area contributed by atoms with Gasteiger partial charge in [-0.05, 0) is 36.4 Å². The zero-order valence-electron chi connectivity index (χ0n) is 23.5. The zero-order chi connectivity index (χ0) is 29.0. The summed E-state index contributed by atoms with van der Waals surface area (Å²) in [4.78, 5) is 19.6. The van der Waals surface area contributed by atoms with Crippen LogP contribution < -0.4 is 0 Å². The van der Waals surface area contributed by atoms with Gasteiger partial charge in [0.1, 0.15) is 0 Å². The van der Waals surface area contributed by atoms with E-state index in [0.29, 0.717) is 17.6 Å². The molecule has 0 aliphatic rings. The van der Waals surface area contributed by atoms with Crippen molar-refractivity contribution in [3.8, 4) is 34.4 Å². The van der Waals surface area contributed by atoms with E-state index in [4.69, 9.17) is 15.0 Å². The fraction of sp³-hybridized carbons (Fsp3) is 0. The molecule has 6 nitrogen and oxygen atoms in total. The normalized spacial score (nSPS) is 11.6. The third-order valence-electron chi connectivity index (χ3n) is 8.27. The van der Waals surface area contributed by atoms with Crippen LogP contribution in [0.25, 0.3) is 78.0 Å². The minimum Gasteiger partial charge on any atom is -0.309 e. The Morgan fingerprint density at radius 1 is 0.409 bits per heavy atom. The second kappa shape index (κ2) is 9.71. The van der Waals surface area contributed by atoms with E-state index in [1.807, 2.05) is 42.7 Å². The first-order chi connectivity index (χ1) is 21.8. The highest BCUT2D eigenvalue weighted by Crippen LogP contribution is 2.34. The van der Waals surface area contributed by atoms with E-state index in [0.717, 1.165) is 55.0 Å². The number of rotatable bonds is 4. The van der Waals surface area contributed by atoms with Crippen LogP contribution in [0.5, 0.6) is 0 Å². The summed E-state index contributed by atoms with van der Waals surface area (Å²) in [7, 11) is 0. The molecule has 4 aromatic heterocycles. The van der Waals surface area contributed by atoms with Gasteiger partial charge in [-0.15, -0.1) is 0 Å². The molecule has 0 unspecified atom stereocenters. The molecule has 0 saturated heterocycles. The van der Waals surface area contributed by atoms with Gasteiger partial charge in [-0.25, -0.2) is 4.98 Å². The van der Waals surface area contributed by atoms with Gasteiger partial charge in [0.2, 0.25) is 5.95 Å². The Morgan fingerprint density at radius 3 is 1.66 bits per heavy atom. The largest absolute Gasteiger partial charge is 0.309 e. The Labute approximate surface area is 252 Å². The number of hydrogen-bond donors (Lipinski definition) is 0. The molecule has 0 fully saturated rings. The van der Waals surface area contributed by atoms with Gasteiger partial charge in [-0.2, -0.15) is 9.97 Å². The Morgan fingerprint density at radius 2 is 0.955 bits per heavy atom. The minimum absolute atomic E-state index is 0.583. The summed E-state index contributed by atoms with van der Waals surface area (Å²) in [5.41, 5.74) is 7.20. The monoisotopic (exact) mass is 564 g/mol. The van der Waals surface area contributed by atoms with Gasteiger partial charge < -0.3 is 4.57 Å². The molecule has 0 bridgehead atoms. The summed E-state index contributed by atoms with van der Waals surface area (Å²) >= 11 is 0. The number of pyridine rings is 1. The van der Waals surface area contributed by atoms with Crippen LogP contribution >= 0.6 is 0 Å². The number of benzene rings is 5. The summed E-state index contributed by atoms with van der Waals surface area (Å²) in [6, 6.07) is 45.9. The van der Waals surface area contributed by atoms with Gasteiger partial charge in [0, 0.05) is 50.8 Å². The summed E-state index contributed by atoms with van der Waals surface area (Å²) < 4.78 is 4.43. The number of fused-ring (bicyclic) bond motifs is 6. The molecular weight excluding hydrogens is 540 g/mol. The molecule has 206 valence electrons. The molecule has 4 heterocycles. The van der Waals surface area contributed by atoms with Crippen LogP contribution in [0.4, 0.5) is 0 Å². The van der Waals surface area contributed by atoms with Gasteiger partial charge in [0.15, 0.2) is 11.6 Å². The van der Waals surface area contributed by atoms with Crippen molar-refractivity contribution in [1.29, 1.82) is 0 Å². The fourth-order valence-electron chi connectivity index (χ4n) is 6.33. The molecule has 0 amide bonds. The van der Waals surface area contributed by atoms with Crippen molar-refractivity contribution in [2.45, 2.75) is 0 Å². The molecular formula is C38H24N6. The lowest BCUT2D eigenvalue weighted by Gasteiger charge is -2.12. The molecule has 0 N–H and O–H groups in total. The Bertz CT molecular complexity index is 2400. The van der Waals surface area contributed by atoms with E-state index in [-0.39, 0.29) is 0 Å². The van der Waals surface area contributed by atoms with E-state index in [1.54, 1.807) is 0 Å². The highest BCUT2D eigenvalue weighted by Gasteiger charge is 2.18. The summed E-state index contributed by atoms with van der Waals surface area (Å²) in [6.07, 6.45) is 3.78. The van der Waals surface area contributed by atoms with Crippen molar-refractivity contribution in [2.75, 3.05) is 0 Å². The average molecular weight is 565 g/mol. The third kappa shape index (κ3) is 3.75. The van der Waals surface area contributed by atoms with Crippen molar-refractivity contribution in [3.05, 3.63) is 146 Å². The predicted molar refractivity (Wildman–Crippen MR) is 177 cm³/mol. The molecule has 5 aromatic carbocycles. The standard InChI is InChI=1S/C38H24N6/c1-2-11-25(12-3-1)36-40-37(42-38(41-36)44-33-19-8-4-15-28(33)29-16-5-9-20-34(29)44)26-13-10-14-27(23-26)43-32-18-7-6-17-30(32)31-24-39-22-21-35(31)43/h1-24H. The molecule has 6 heteroatoms. The summed E-state index contributed by atoms with van der Waals surface area (Å²) in [6.45, 7) is 0. The molecule has 9 aromatic rings. The lowest BCUT2D eigenvalue weighted by atomic mass is 10.1. The quantitative estimate of drug-likeness (QED) is 0.214. The molecule has 0 atom stereocenters. The maximum Gasteiger partial charge on any atom is 0.238 e. The average Bonchev–Trinajstić information content (AvgIpc) is 3.62. The molecule has 44 heavy (non-hydrogen) atoms. The molecule has 0 aliphatic carbocycles. The molecule has 0 radical (unpaired) electrons. The van der Waals surface area contributed by atoms with Crippen LogP contribution in [-0.4, -0.2) is 29.1 Å². The van der Waals surface area contributed by atoms with E-state index >= 15 is 0 Å². The number of hydrogen-bond acceptors (Lipinski definition) is 4. The lowest BCUT2D eigenvalue weighted by Crippen LogP contribution is -2.06. The highest BCUT2D eigenvalue weighted by molar-refractivity contribution is 6.09. The van der Waals surface area contributed by atoms with Gasteiger partial charge in [-0.1, -0.05) is 97.1 Å². The Hall–Kier alpha value is -6.14. The fourth-order valence-corrected chi connectivity index (χ4v) is 6.33. The maximum atomic E-state index is 5.14. The topological polar surface area (TPSA) is 61.4 Å². The predicted octanol–water partition coefficient (Wildman–Crippen LogP) is 8.79. The highest BCUT2D eigenvalue weighted by atomic mass is 15.2. The first-order valence-electron chi connectivity index (χ1n) is 14.6. The summed E-state index contributed by atoms with van der Waals surface area (Å²) in [5, 5.41) is 4.61. The SMILES string of the molecule is c1ccc(-c2nc(-c3cccc(-n4c5ccccc5c5cnccc54)c3)nc(-n3c4ccccc4c4ccccc43)n2)cc1. The van der Waals surface area contributed by atoms with Crippen LogP contribution in [0.1, 0.15) is 0 Å². The van der Waals surface area contributed by atoms with Crippen LogP contribution in [-0.2, 0) is 0 Å². The molecule has 0 spiro atoms. The minimum atomic E-state index is 0.583. The van der Waals surface area contributed by atoms with E-state index in [2.05, 4.69) is 117 Å². The second-order valence-corrected chi connectivity index (χ2v) is 10.8.